The number of piperidine rings is 1. The third-order valence-electron chi connectivity index (χ3n) is 4.00. The maximum atomic E-state index is 12.1. The van der Waals surface area contributed by atoms with E-state index in [1.807, 2.05) is 25.1 Å². The lowest BCUT2D eigenvalue weighted by Crippen LogP contribution is -2.46. The number of ether oxygens (including phenoxy) is 1. The number of aromatic nitrogens is 1. The summed E-state index contributed by atoms with van der Waals surface area (Å²) in [4.78, 5) is 30.1. The second-order valence-corrected chi connectivity index (χ2v) is 5.73. The fourth-order valence-electron chi connectivity index (χ4n) is 2.84. The van der Waals surface area contributed by atoms with E-state index in [-0.39, 0.29) is 17.9 Å². The molecule has 1 aromatic heterocycles. The zero-order valence-electron chi connectivity index (χ0n) is 13.7. The molecule has 126 valence electrons. The number of hydrogen-bond donors (Lipinski definition) is 1. The smallest absolute Gasteiger partial charge is 0.307 e. The van der Waals surface area contributed by atoms with Gasteiger partial charge in [-0.25, -0.2) is 0 Å². The lowest BCUT2D eigenvalue weighted by molar-refractivity contribution is -0.145. The Morgan fingerprint density at radius 3 is 3.00 bits per heavy atom. The summed E-state index contributed by atoms with van der Waals surface area (Å²) in [6.07, 6.45) is 5.16. The number of esters is 1. The number of amides is 1. The topological polar surface area (TPSA) is 71.5 Å². The molecule has 1 saturated heterocycles. The van der Waals surface area contributed by atoms with Gasteiger partial charge in [-0.15, -0.1) is 0 Å². The van der Waals surface area contributed by atoms with Crippen molar-refractivity contribution in [2.75, 3.05) is 19.7 Å². The quantitative estimate of drug-likeness (QED) is 0.771. The highest BCUT2D eigenvalue weighted by Gasteiger charge is 2.26. The van der Waals surface area contributed by atoms with Gasteiger partial charge in [0.15, 0.2) is 0 Å². The molecule has 1 aliphatic heterocycles. The van der Waals surface area contributed by atoms with E-state index in [9.17, 15) is 9.59 Å². The molecule has 1 N–H and O–H groups in total. The summed E-state index contributed by atoms with van der Waals surface area (Å²) >= 11 is 0. The van der Waals surface area contributed by atoms with Crippen LogP contribution in [0, 0.1) is 0 Å². The van der Waals surface area contributed by atoms with E-state index in [0.717, 1.165) is 31.5 Å². The molecule has 23 heavy (non-hydrogen) atoms. The molecular formula is C17H25N3O3. The summed E-state index contributed by atoms with van der Waals surface area (Å²) in [5.41, 5.74) is 0.836. The Kier molecular flexibility index (Phi) is 7.00. The summed E-state index contributed by atoms with van der Waals surface area (Å²) in [7, 11) is 0. The number of carbonyl (C=O) groups excluding carboxylic acids is 2. The van der Waals surface area contributed by atoms with Crippen molar-refractivity contribution in [1.29, 1.82) is 0 Å². The van der Waals surface area contributed by atoms with Gasteiger partial charge in [-0.3, -0.25) is 19.5 Å². The van der Waals surface area contributed by atoms with Crippen LogP contribution in [0.3, 0.4) is 0 Å². The van der Waals surface area contributed by atoms with Gasteiger partial charge in [-0.2, -0.15) is 0 Å². The first-order valence-electron chi connectivity index (χ1n) is 8.25. The fraction of sp³-hybridized carbons (Fsp3) is 0.588. The minimum Gasteiger partial charge on any atom is -0.466 e. The SMILES string of the molecule is CCOC(=O)C[C@H]1CCCCN1CC(=O)NCc1ccccn1. The number of rotatable bonds is 7. The standard InChI is InChI=1S/C17H25N3O3/c1-2-23-17(22)11-15-8-4-6-10-20(15)13-16(21)19-12-14-7-3-5-9-18-14/h3,5,7,9,15H,2,4,6,8,10-13H2,1H3,(H,19,21)/t15-/m1/s1. The Hall–Kier alpha value is -1.95. The van der Waals surface area contributed by atoms with Crippen molar-refractivity contribution in [2.24, 2.45) is 0 Å². The van der Waals surface area contributed by atoms with Gasteiger partial charge >= 0.3 is 5.97 Å². The van der Waals surface area contributed by atoms with Gasteiger partial charge in [0.25, 0.3) is 0 Å². The molecule has 2 heterocycles. The summed E-state index contributed by atoms with van der Waals surface area (Å²) in [5, 5.41) is 2.89. The van der Waals surface area contributed by atoms with Gasteiger partial charge in [0.2, 0.25) is 5.91 Å². The molecular weight excluding hydrogens is 294 g/mol. The van der Waals surface area contributed by atoms with Gasteiger partial charge in [0, 0.05) is 12.2 Å². The molecule has 6 heteroatoms. The largest absolute Gasteiger partial charge is 0.466 e. The zero-order valence-corrected chi connectivity index (χ0v) is 13.7. The first-order valence-corrected chi connectivity index (χ1v) is 8.25. The summed E-state index contributed by atoms with van der Waals surface area (Å²) in [5.74, 6) is -0.218. The van der Waals surface area contributed by atoms with Crippen LogP contribution in [0.25, 0.3) is 0 Å². The van der Waals surface area contributed by atoms with Crippen LogP contribution in [0.2, 0.25) is 0 Å². The van der Waals surface area contributed by atoms with Crippen LogP contribution in [-0.2, 0) is 20.9 Å². The first kappa shape index (κ1) is 17.4. The highest BCUT2D eigenvalue weighted by Crippen LogP contribution is 2.19. The molecule has 0 aliphatic carbocycles. The molecule has 2 rings (SSSR count). The number of nitrogens with one attached hydrogen (secondary N) is 1. The minimum absolute atomic E-state index is 0.0357. The van der Waals surface area contributed by atoms with Gasteiger partial charge in [0.1, 0.15) is 0 Å². The molecule has 0 saturated carbocycles. The molecule has 1 amide bonds. The molecule has 1 atom stereocenters. The Balaban J connectivity index is 1.80. The summed E-state index contributed by atoms with van der Waals surface area (Å²) < 4.78 is 5.03. The Labute approximate surface area is 137 Å². The van der Waals surface area contributed by atoms with Crippen molar-refractivity contribution < 1.29 is 14.3 Å². The molecule has 1 fully saturated rings. The Morgan fingerprint density at radius 1 is 1.39 bits per heavy atom. The second kappa shape index (κ2) is 9.25. The van der Waals surface area contributed by atoms with Gasteiger partial charge in [0.05, 0.1) is 31.8 Å². The Morgan fingerprint density at radius 2 is 2.26 bits per heavy atom. The van der Waals surface area contributed by atoms with Crippen molar-refractivity contribution in [3.63, 3.8) is 0 Å². The van der Waals surface area contributed by atoms with E-state index >= 15 is 0 Å². The molecule has 1 aromatic rings. The minimum atomic E-state index is -0.182. The molecule has 0 aromatic carbocycles. The number of carbonyl (C=O) groups is 2. The first-order chi connectivity index (χ1) is 11.2. The lowest BCUT2D eigenvalue weighted by Gasteiger charge is -2.34. The van der Waals surface area contributed by atoms with Crippen LogP contribution in [0.15, 0.2) is 24.4 Å². The average Bonchev–Trinajstić information content (AvgIpc) is 2.56. The van der Waals surface area contributed by atoms with Crippen LogP contribution in [-0.4, -0.2) is 47.5 Å². The molecule has 0 unspecified atom stereocenters. The van der Waals surface area contributed by atoms with Crippen molar-refractivity contribution in [1.82, 2.24) is 15.2 Å². The number of hydrogen-bond acceptors (Lipinski definition) is 5. The van der Waals surface area contributed by atoms with Crippen molar-refractivity contribution in [2.45, 2.75) is 45.2 Å². The van der Waals surface area contributed by atoms with Crippen LogP contribution >= 0.6 is 0 Å². The van der Waals surface area contributed by atoms with Crippen LogP contribution in [0.4, 0.5) is 0 Å². The van der Waals surface area contributed by atoms with Gasteiger partial charge in [-0.05, 0) is 38.4 Å². The predicted octanol–water partition coefficient (Wildman–Crippen LogP) is 1.51. The zero-order chi connectivity index (χ0) is 16.5. The molecule has 0 spiro atoms. The maximum absolute atomic E-state index is 12.1. The van der Waals surface area contributed by atoms with Gasteiger partial charge in [-0.1, -0.05) is 12.5 Å². The normalized spacial score (nSPS) is 18.4. The van der Waals surface area contributed by atoms with Crippen molar-refractivity contribution >= 4 is 11.9 Å². The third-order valence-corrected chi connectivity index (χ3v) is 4.00. The molecule has 0 bridgehead atoms. The monoisotopic (exact) mass is 319 g/mol. The van der Waals surface area contributed by atoms with E-state index in [2.05, 4.69) is 15.2 Å². The third kappa shape index (κ3) is 5.98. The van der Waals surface area contributed by atoms with Crippen LogP contribution < -0.4 is 5.32 Å². The van der Waals surface area contributed by atoms with Gasteiger partial charge < -0.3 is 10.1 Å². The summed E-state index contributed by atoms with van der Waals surface area (Å²) in [6, 6.07) is 5.72. The molecule has 6 nitrogen and oxygen atoms in total. The summed E-state index contributed by atoms with van der Waals surface area (Å²) in [6.45, 7) is 3.80. The Bertz CT molecular complexity index is 507. The van der Waals surface area contributed by atoms with Crippen LogP contribution in [0.1, 0.15) is 38.3 Å². The second-order valence-electron chi connectivity index (χ2n) is 5.73. The highest BCUT2D eigenvalue weighted by atomic mass is 16.5. The highest BCUT2D eigenvalue weighted by molar-refractivity contribution is 5.78. The molecule has 0 radical (unpaired) electrons. The predicted molar refractivity (Wildman–Crippen MR) is 86.5 cm³/mol. The van der Waals surface area contributed by atoms with Crippen molar-refractivity contribution in [3.05, 3.63) is 30.1 Å². The van der Waals surface area contributed by atoms with E-state index in [1.165, 1.54) is 0 Å². The average molecular weight is 319 g/mol. The van der Waals surface area contributed by atoms with Crippen LogP contribution in [0.5, 0.6) is 0 Å². The maximum Gasteiger partial charge on any atom is 0.307 e. The number of likely N-dealkylation sites (tertiary alicyclic amines) is 1. The van der Waals surface area contributed by atoms with E-state index in [4.69, 9.17) is 4.74 Å². The fourth-order valence-corrected chi connectivity index (χ4v) is 2.84. The van der Waals surface area contributed by atoms with E-state index in [0.29, 0.717) is 26.1 Å². The lowest BCUT2D eigenvalue weighted by atomic mass is 9.99. The van der Waals surface area contributed by atoms with E-state index in [1.54, 1.807) is 6.20 Å². The number of nitrogens with zero attached hydrogens (tertiary/aromatic N) is 2. The number of pyridine rings is 1. The molecule has 1 aliphatic rings. The van der Waals surface area contributed by atoms with Crippen molar-refractivity contribution in [3.8, 4) is 0 Å². The van der Waals surface area contributed by atoms with E-state index < -0.39 is 0 Å².